The van der Waals surface area contributed by atoms with Crippen molar-refractivity contribution in [3.05, 3.63) is 58.6 Å². The Bertz CT molecular complexity index is 1220. The Morgan fingerprint density at radius 2 is 2.00 bits per heavy atom. The van der Waals surface area contributed by atoms with Gasteiger partial charge in [-0.1, -0.05) is 11.6 Å². The summed E-state index contributed by atoms with van der Waals surface area (Å²) < 4.78 is 56.5. The molecule has 1 N–H and O–H groups in total. The van der Waals surface area contributed by atoms with Crippen LogP contribution in [0.1, 0.15) is 15.9 Å². The van der Waals surface area contributed by atoms with E-state index in [1.807, 2.05) is 0 Å². The average molecular weight is 488 g/mol. The molecule has 0 aliphatic rings. The van der Waals surface area contributed by atoms with Gasteiger partial charge in [0.15, 0.2) is 0 Å². The summed E-state index contributed by atoms with van der Waals surface area (Å²) in [7, 11) is -1.68. The van der Waals surface area contributed by atoms with Crippen molar-refractivity contribution in [3.63, 3.8) is 0 Å². The van der Waals surface area contributed by atoms with E-state index < -0.39 is 37.3 Å². The molecule has 0 aliphatic heterocycles. The molecule has 1 aromatic heterocycles. The van der Waals surface area contributed by atoms with E-state index in [9.17, 15) is 17.6 Å². The van der Waals surface area contributed by atoms with Crippen LogP contribution >= 0.6 is 23.1 Å². The zero-order valence-electron chi connectivity index (χ0n) is 16.1. The summed E-state index contributed by atoms with van der Waals surface area (Å²) in [4.78, 5) is 14.3. The maximum atomic E-state index is 14.7. The van der Waals surface area contributed by atoms with Crippen LogP contribution in [0.4, 0.5) is 9.52 Å². The Morgan fingerprint density at radius 1 is 1.26 bits per heavy atom. The first-order valence-corrected chi connectivity index (χ1v) is 11.0. The molecular weight excluding hydrogens is 473 g/mol. The Hall–Kier alpha value is -2.96. The highest BCUT2D eigenvalue weighted by atomic mass is 35.5. The minimum absolute atomic E-state index is 0.0318. The fraction of sp³-hybridized carbons (Fsp3) is 0.167. The number of aromatic carboxylic acids is 1. The number of carboxylic acid groups (broad SMARTS) is 1. The van der Waals surface area contributed by atoms with Gasteiger partial charge >= 0.3 is 5.97 Å². The standard InChI is InChI=1S/C18H15ClFN3O6S2/c1-28-11-4-3-10(15(5-11)29-2)8-23(18-21-9-22-30-18)31(26,27)16-7-13(19)12(17(24)25)6-14(16)20/h3-7,9H,8H2,1-2H3,(H,24,25). The maximum Gasteiger partial charge on any atom is 0.337 e. The van der Waals surface area contributed by atoms with Crippen LogP contribution in [0.25, 0.3) is 0 Å². The summed E-state index contributed by atoms with van der Waals surface area (Å²) in [5, 5.41) is 8.63. The van der Waals surface area contributed by atoms with Crippen molar-refractivity contribution < 1.29 is 32.2 Å². The highest BCUT2D eigenvalue weighted by Gasteiger charge is 2.32. The Morgan fingerprint density at radius 3 is 2.58 bits per heavy atom. The highest BCUT2D eigenvalue weighted by Crippen LogP contribution is 2.33. The number of sulfonamides is 1. The first-order chi connectivity index (χ1) is 14.7. The first-order valence-electron chi connectivity index (χ1n) is 8.41. The third-order valence-corrected chi connectivity index (χ3v) is 7.06. The minimum atomic E-state index is -4.56. The third-order valence-electron chi connectivity index (χ3n) is 4.19. The lowest BCUT2D eigenvalue weighted by atomic mass is 10.2. The second-order valence-corrected chi connectivity index (χ2v) is 8.98. The number of ether oxygens (including phenoxy) is 2. The SMILES string of the molecule is COc1ccc(CN(c2ncns2)S(=O)(=O)c2cc(Cl)c(C(=O)O)cc2F)c(OC)c1. The number of hydrogen-bond acceptors (Lipinski definition) is 8. The van der Waals surface area contributed by atoms with Crippen molar-refractivity contribution in [2.24, 2.45) is 0 Å². The van der Waals surface area contributed by atoms with E-state index in [0.29, 0.717) is 23.1 Å². The summed E-state index contributed by atoms with van der Waals surface area (Å²) in [6.07, 6.45) is 1.16. The monoisotopic (exact) mass is 487 g/mol. The van der Waals surface area contributed by atoms with E-state index in [0.717, 1.165) is 28.2 Å². The molecule has 0 unspecified atom stereocenters. The van der Waals surface area contributed by atoms with Crippen LogP contribution in [0.15, 0.2) is 41.6 Å². The van der Waals surface area contributed by atoms with Gasteiger partial charge < -0.3 is 14.6 Å². The quantitative estimate of drug-likeness (QED) is 0.513. The van der Waals surface area contributed by atoms with Gasteiger partial charge in [0.05, 0.1) is 31.4 Å². The first kappa shape index (κ1) is 22.7. The molecule has 0 spiro atoms. The average Bonchev–Trinajstić information content (AvgIpc) is 3.27. The van der Waals surface area contributed by atoms with Crippen LogP contribution in [0, 0.1) is 5.82 Å². The van der Waals surface area contributed by atoms with Gasteiger partial charge in [-0.2, -0.15) is 4.37 Å². The summed E-state index contributed by atoms with van der Waals surface area (Å²) in [5.41, 5.74) is -0.117. The van der Waals surface area contributed by atoms with Gasteiger partial charge in [-0.3, -0.25) is 0 Å². The molecule has 9 nitrogen and oxygen atoms in total. The largest absolute Gasteiger partial charge is 0.497 e. The van der Waals surface area contributed by atoms with Gasteiger partial charge in [-0.25, -0.2) is 26.9 Å². The van der Waals surface area contributed by atoms with E-state index in [4.69, 9.17) is 26.2 Å². The predicted molar refractivity (Wildman–Crippen MR) is 111 cm³/mol. The van der Waals surface area contributed by atoms with E-state index >= 15 is 0 Å². The Balaban J connectivity index is 2.12. The molecule has 1 heterocycles. The number of halogens is 2. The molecule has 0 amide bonds. The van der Waals surface area contributed by atoms with Gasteiger partial charge in [0, 0.05) is 23.2 Å². The summed E-state index contributed by atoms with van der Waals surface area (Å²) in [5.74, 6) is -1.92. The van der Waals surface area contributed by atoms with Crippen LogP contribution in [-0.2, 0) is 16.6 Å². The van der Waals surface area contributed by atoms with Crippen LogP contribution in [0.3, 0.4) is 0 Å². The fourth-order valence-corrected chi connectivity index (χ4v) is 5.19. The molecule has 3 aromatic rings. The molecule has 13 heteroatoms. The van der Waals surface area contributed by atoms with E-state index in [-0.39, 0.29) is 11.7 Å². The van der Waals surface area contributed by atoms with Crippen molar-refractivity contribution in [2.45, 2.75) is 11.4 Å². The smallest absolute Gasteiger partial charge is 0.337 e. The molecule has 0 fully saturated rings. The molecule has 0 saturated carbocycles. The Kier molecular flexibility index (Phi) is 6.62. The van der Waals surface area contributed by atoms with Crippen LogP contribution < -0.4 is 13.8 Å². The number of methoxy groups -OCH3 is 2. The zero-order chi connectivity index (χ0) is 22.8. The number of hydrogen-bond donors (Lipinski definition) is 1. The lowest BCUT2D eigenvalue weighted by molar-refractivity contribution is 0.0696. The van der Waals surface area contributed by atoms with Crippen LogP contribution in [-0.4, -0.2) is 43.1 Å². The van der Waals surface area contributed by atoms with Crippen LogP contribution in [0.5, 0.6) is 11.5 Å². The van der Waals surface area contributed by atoms with Gasteiger partial charge in [0.2, 0.25) is 5.13 Å². The third kappa shape index (κ3) is 4.55. The molecule has 31 heavy (non-hydrogen) atoms. The van der Waals surface area contributed by atoms with Crippen molar-refractivity contribution in [1.82, 2.24) is 9.36 Å². The maximum absolute atomic E-state index is 14.7. The van der Waals surface area contributed by atoms with Crippen molar-refractivity contribution in [1.29, 1.82) is 0 Å². The number of anilines is 1. The topological polar surface area (TPSA) is 119 Å². The summed E-state index contributed by atoms with van der Waals surface area (Å²) in [6.45, 7) is -0.275. The predicted octanol–water partition coefficient (Wildman–Crippen LogP) is 3.44. The van der Waals surface area contributed by atoms with Crippen molar-refractivity contribution >= 4 is 44.3 Å². The molecule has 0 atom stereocenters. The van der Waals surface area contributed by atoms with Gasteiger partial charge in [0.1, 0.15) is 28.5 Å². The number of carboxylic acids is 1. The molecule has 0 bridgehead atoms. The second-order valence-electron chi connectivity index (χ2n) is 5.98. The molecule has 0 radical (unpaired) electrons. The molecule has 2 aromatic carbocycles. The molecular formula is C18H15ClFN3O6S2. The van der Waals surface area contributed by atoms with E-state index in [1.54, 1.807) is 18.2 Å². The zero-order valence-corrected chi connectivity index (χ0v) is 18.5. The van der Waals surface area contributed by atoms with Gasteiger partial charge in [-0.05, 0) is 24.3 Å². The number of nitrogens with zero attached hydrogens (tertiary/aromatic N) is 3. The normalized spacial score (nSPS) is 11.2. The number of carbonyl (C=O) groups is 1. The van der Waals surface area contributed by atoms with Crippen LogP contribution in [0.2, 0.25) is 5.02 Å². The lowest BCUT2D eigenvalue weighted by Gasteiger charge is -2.23. The number of benzene rings is 2. The summed E-state index contributed by atoms with van der Waals surface area (Å²) in [6, 6.07) is 6.10. The minimum Gasteiger partial charge on any atom is -0.497 e. The fourth-order valence-electron chi connectivity index (χ4n) is 2.68. The van der Waals surface area contributed by atoms with Crippen molar-refractivity contribution in [2.75, 3.05) is 18.5 Å². The van der Waals surface area contributed by atoms with Gasteiger partial charge in [0.25, 0.3) is 10.0 Å². The van der Waals surface area contributed by atoms with E-state index in [1.165, 1.54) is 14.2 Å². The van der Waals surface area contributed by atoms with E-state index in [2.05, 4.69) is 9.36 Å². The van der Waals surface area contributed by atoms with Gasteiger partial charge in [-0.15, -0.1) is 0 Å². The molecule has 164 valence electrons. The summed E-state index contributed by atoms with van der Waals surface area (Å²) >= 11 is 6.67. The molecule has 0 saturated heterocycles. The number of aromatic nitrogens is 2. The highest BCUT2D eigenvalue weighted by molar-refractivity contribution is 7.93. The molecule has 3 rings (SSSR count). The lowest BCUT2D eigenvalue weighted by Crippen LogP contribution is -2.31. The van der Waals surface area contributed by atoms with Crippen molar-refractivity contribution in [3.8, 4) is 11.5 Å². The second kappa shape index (κ2) is 9.04. The number of rotatable bonds is 8. The Labute approximate surface area is 185 Å². The molecule has 0 aliphatic carbocycles.